The molecule has 2 fully saturated rings. The molecule has 1 aromatic heterocycles. The molecule has 2 amide bonds. The molecule has 0 radical (unpaired) electrons. The number of nitrogens with one attached hydrogen (secondary N) is 1. The van der Waals surface area contributed by atoms with E-state index in [4.69, 9.17) is 4.74 Å². The second-order valence-electron chi connectivity index (χ2n) is 8.70. The Kier molecular flexibility index (Phi) is 5.75. The summed E-state index contributed by atoms with van der Waals surface area (Å²) in [7, 11) is 0. The molecule has 0 spiro atoms. The van der Waals surface area contributed by atoms with Crippen molar-refractivity contribution in [2.75, 3.05) is 19.7 Å². The molecule has 2 heterocycles. The van der Waals surface area contributed by atoms with Crippen molar-refractivity contribution in [3.8, 4) is 5.75 Å². The number of piperidine rings is 1. The Morgan fingerprint density at radius 2 is 1.81 bits per heavy atom. The predicted molar refractivity (Wildman–Crippen MR) is 123 cm³/mol. The number of fused-ring (bicyclic) bond motifs is 1. The van der Waals surface area contributed by atoms with E-state index in [1.165, 1.54) is 0 Å². The van der Waals surface area contributed by atoms with E-state index in [0.29, 0.717) is 36.2 Å². The molecule has 1 atom stereocenters. The van der Waals surface area contributed by atoms with Gasteiger partial charge in [-0.1, -0.05) is 36.4 Å². The van der Waals surface area contributed by atoms with Crippen molar-refractivity contribution in [3.63, 3.8) is 0 Å². The topological polar surface area (TPSA) is 71.5 Å². The van der Waals surface area contributed by atoms with Crippen molar-refractivity contribution in [3.05, 3.63) is 71.9 Å². The summed E-state index contributed by atoms with van der Waals surface area (Å²) in [6, 6.07) is 19.2. The van der Waals surface area contributed by atoms with Gasteiger partial charge in [0.1, 0.15) is 11.4 Å². The molecule has 1 unspecified atom stereocenters. The maximum atomic E-state index is 13.1. The molecule has 3 aromatic rings. The summed E-state index contributed by atoms with van der Waals surface area (Å²) in [5, 5.41) is 4.05. The Labute approximate surface area is 187 Å². The highest BCUT2D eigenvalue weighted by Crippen LogP contribution is 2.25. The van der Waals surface area contributed by atoms with Crippen LogP contribution in [0.15, 0.2) is 60.7 Å². The molecule has 6 heteroatoms. The third-order valence-corrected chi connectivity index (χ3v) is 6.14. The van der Waals surface area contributed by atoms with Gasteiger partial charge in [0.2, 0.25) is 0 Å². The number of rotatable bonds is 6. The number of aromatic nitrogens is 1. The number of carbonyl (C=O) groups is 2. The van der Waals surface area contributed by atoms with Crippen LogP contribution in [-0.4, -0.2) is 47.4 Å². The monoisotopic (exact) mass is 429 g/mol. The Hall–Kier alpha value is -3.41. The van der Waals surface area contributed by atoms with Gasteiger partial charge in [-0.2, -0.15) is 0 Å². The van der Waals surface area contributed by atoms with Gasteiger partial charge in [0.15, 0.2) is 0 Å². The number of pyridine rings is 1. The Morgan fingerprint density at radius 3 is 2.69 bits per heavy atom. The van der Waals surface area contributed by atoms with E-state index in [0.717, 1.165) is 43.1 Å². The quantitative estimate of drug-likeness (QED) is 0.642. The molecule has 164 valence electrons. The number of nitrogens with zero attached hydrogens (tertiary/aromatic N) is 2. The standard InChI is InChI=1S/C26H27N3O3/c30-25(27-20-12-13-20)21-8-2-4-10-24(21)32-17-18-6-5-15-29(16-18)26(31)23-14-11-19-7-1-3-9-22(19)28-23/h1-4,7-11,14,18,20H,5-6,12-13,15-17H2,(H,27,30). The fraction of sp³-hybridized carbons (Fsp3) is 0.346. The predicted octanol–water partition coefficient (Wildman–Crippen LogP) is 4.06. The third kappa shape index (κ3) is 4.59. The number of likely N-dealkylation sites (tertiary alicyclic amines) is 1. The lowest BCUT2D eigenvalue weighted by Crippen LogP contribution is -2.42. The van der Waals surface area contributed by atoms with Crippen LogP contribution >= 0.6 is 0 Å². The summed E-state index contributed by atoms with van der Waals surface area (Å²) < 4.78 is 6.08. The second kappa shape index (κ2) is 8.99. The smallest absolute Gasteiger partial charge is 0.272 e. The minimum Gasteiger partial charge on any atom is -0.492 e. The van der Waals surface area contributed by atoms with Gasteiger partial charge in [0.05, 0.1) is 17.7 Å². The van der Waals surface area contributed by atoms with Crippen molar-refractivity contribution >= 4 is 22.7 Å². The Bertz CT molecular complexity index is 1140. The number of hydrogen-bond acceptors (Lipinski definition) is 4. The highest BCUT2D eigenvalue weighted by atomic mass is 16.5. The molecular weight excluding hydrogens is 402 g/mol. The maximum absolute atomic E-state index is 13.1. The van der Waals surface area contributed by atoms with Gasteiger partial charge in [-0.3, -0.25) is 9.59 Å². The first kappa shape index (κ1) is 20.5. The maximum Gasteiger partial charge on any atom is 0.272 e. The van der Waals surface area contributed by atoms with Crippen LogP contribution in [0.3, 0.4) is 0 Å². The first-order chi connectivity index (χ1) is 15.7. The molecule has 1 aliphatic heterocycles. The molecule has 1 aliphatic carbocycles. The summed E-state index contributed by atoms with van der Waals surface area (Å²) in [5.41, 5.74) is 1.88. The van der Waals surface area contributed by atoms with Crippen LogP contribution in [0.25, 0.3) is 10.9 Å². The zero-order valence-electron chi connectivity index (χ0n) is 18.0. The first-order valence-corrected chi connectivity index (χ1v) is 11.3. The molecule has 32 heavy (non-hydrogen) atoms. The van der Waals surface area contributed by atoms with Crippen molar-refractivity contribution < 1.29 is 14.3 Å². The van der Waals surface area contributed by atoms with E-state index in [1.807, 2.05) is 53.4 Å². The van der Waals surface area contributed by atoms with Crippen LogP contribution in [0.5, 0.6) is 5.75 Å². The molecule has 0 bridgehead atoms. The van der Waals surface area contributed by atoms with E-state index in [1.54, 1.807) is 12.1 Å². The first-order valence-electron chi connectivity index (χ1n) is 11.3. The van der Waals surface area contributed by atoms with Gasteiger partial charge in [-0.05, 0) is 49.9 Å². The molecule has 1 saturated carbocycles. The van der Waals surface area contributed by atoms with E-state index in [-0.39, 0.29) is 17.7 Å². The molecule has 2 aromatic carbocycles. The highest BCUT2D eigenvalue weighted by Gasteiger charge is 2.27. The highest BCUT2D eigenvalue weighted by molar-refractivity contribution is 5.97. The zero-order valence-corrected chi connectivity index (χ0v) is 18.0. The van der Waals surface area contributed by atoms with Crippen LogP contribution in [-0.2, 0) is 0 Å². The van der Waals surface area contributed by atoms with Gasteiger partial charge in [0, 0.05) is 30.4 Å². The van der Waals surface area contributed by atoms with Gasteiger partial charge < -0.3 is 15.0 Å². The number of para-hydroxylation sites is 2. The Morgan fingerprint density at radius 1 is 1.00 bits per heavy atom. The lowest BCUT2D eigenvalue weighted by Gasteiger charge is -2.32. The van der Waals surface area contributed by atoms with Gasteiger partial charge in [0.25, 0.3) is 11.8 Å². The largest absolute Gasteiger partial charge is 0.492 e. The van der Waals surface area contributed by atoms with Gasteiger partial charge in [-0.25, -0.2) is 4.98 Å². The fourth-order valence-corrected chi connectivity index (χ4v) is 4.21. The Balaban J connectivity index is 1.22. The summed E-state index contributed by atoms with van der Waals surface area (Å²) >= 11 is 0. The van der Waals surface area contributed by atoms with Crippen molar-refractivity contribution in [2.45, 2.75) is 31.7 Å². The number of hydrogen-bond donors (Lipinski definition) is 1. The summed E-state index contributed by atoms with van der Waals surface area (Å²) in [6.45, 7) is 1.83. The second-order valence-corrected chi connectivity index (χ2v) is 8.70. The van der Waals surface area contributed by atoms with Gasteiger partial charge >= 0.3 is 0 Å². The van der Waals surface area contributed by atoms with Crippen LogP contribution in [0.1, 0.15) is 46.5 Å². The number of ether oxygens (including phenoxy) is 1. The SMILES string of the molecule is O=C(NC1CC1)c1ccccc1OCC1CCCN(C(=O)c2ccc3ccccc3n2)C1. The van der Waals surface area contributed by atoms with Gasteiger partial charge in [-0.15, -0.1) is 0 Å². The van der Waals surface area contributed by atoms with E-state index in [2.05, 4.69) is 10.3 Å². The van der Waals surface area contributed by atoms with Crippen molar-refractivity contribution in [1.29, 1.82) is 0 Å². The van der Waals surface area contributed by atoms with E-state index >= 15 is 0 Å². The molecule has 5 rings (SSSR count). The summed E-state index contributed by atoms with van der Waals surface area (Å²) in [6.07, 6.45) is 4.02. The minimum atomic E-state index is -0.0778. The van der Waals surface area contributed by atoms with Crippen LogP contribution in [0, 0.1) is 5.92 Å². The average molecular weight is 430 g/mol. The molecule has 6 nitrogen and oxygen atoms in total. The molecular formula is C26H27N3O3. The van der Waals surface area contributed by atoms with E-state index < -0.39 is 0 Å². The molecule has 2 aliphatic rings. The van der Waals surface area contributed by atoms with Crippen molar-refractivity contribution in [1.82, 2.24) is 15.2 Å². The minimum absolute atomic E-state index is 0.0373. The number of benzene rings is 2. The van der Waals surface area contributed by atoms with Crippen LogP contribution in [0.2, 0.25) is 0 Å². The normalized spacial score (nSPS) is 18.4. The molecule has 1 N–H and O–H groups in total. The lowest BCUT2D eigenvalue weighted by atomic mass is 9.98. The van der Waals surface area contributed by atoms with Crippen molar-refractivity contribution in [2.24, 2.45) is 5.92 Å². The van der Waals surface area contributed by atoms with Crippen LogP contribution in [0.4, 0.5) is 0 Å². The summed E-state index contributed by atoms with van der Waals surface area (Å²) in [4.78, 5) is 32.0. The van der Waals surface area contributed by atoms with E-state index in [9.17, 15) is 9.59 Å². The summed E-state index contributed by atoms with van der Waals surface area (Å²) in [5.74, 6) is 0.702. The average Bonchev–Trinajstić information content (AvgIpc) is 3.66. The third-order valence-electron chi connectivity index (χ3n) is 6.14. The lowest BCUT2D eigenvalue weighted by molar-refractivity contribution is 0.0627. The van der Waals surface area contributed by atoms with Crippen LogP contribution < -0.4 is 10.1 Å². The zero-order chi connectivity index (χ0) is 21.9. The number of carbonyl (C=O) groups excluding carboxylic acids is 2. The fourth-order valence-electron chi connectivity index (χ4n) is 4.21. The molecule has 1 saturated heterocycles. The number of amides is 2.